The first-order chi connectivity index (χ1) is 22.4. The minimum atomic E-state index is -3.51. The number of fused-ring (bicyclic) bond motifs is 1. The minimum absolute atomic E-state index is 0.0601. The molecule has 47 heavy (non-hydrogen) atoms. The molecule has 5 rings (SSSR count). The van der Waals surface area contributed by atoms with Gasteiger partial charge in [0.05, 0.1) is 24.4 Å². The fourth-order valence-electron chi connectivity index (χ4n) is 6.32. The molecule has 2 heterocycles. The lowest BCUT2D eigenvalue weighted by Crippen LogP contribution is -2.44. The van der Waals surface area contributed by atoms with Crippen molar-refractivity contribution < 1.29 is 36.7 Å². The summed E-state index contributed by atoms with van der Waals surface area (Å²) in [6.07, 6.45) is 9.54. The number of unbranched alkanes of at least 4 members (excludes halogenated alkanes) is 3. The first-order valence-corrected chi connectivity index (χ1v) is 18.1. The maximum Gasteiger partial charge on any atom is 0.410 e. The molecule has 256 valence electrons. The average molecular weight is 692 g/mol. The number of aldehydes is 1. The molecule has 3 fully saturated rings. The van der Waals surface area contributed by atoms with E-state index in [1.165, 1.54) is 15.9 Å². The van der Waals surface area contributed by atoms with Gasteiger partial charge in [0, 0.05) is 36.9 Å². The second-order valence-corrected chi connectivity index (χ2v) is 15.3. The number of thiocarbonyl (C=S) groups is 1. The maximum absolute atomic E-state index is 14.1. The Bertz CT molecular complexity index is 1520. The van der Waals surface area contributed by atoms with Crippen LogP contribution >= 0.6 is 12.2 Å². The molecule has 2 aliphatic heterocycles. The predicted octanol–water partition coefficient (Wildman–Crippen LogP) is 2.79. The zero-order chi connectivity index (χ0) is 33.7. The van der Waals surface area contributed by atoms with Gasteiger partial charge in [-0.1, -0.05) is 37.1 Å². The molecule has 0 bridgehead atoms. The lowest BCUT2D eigenvalue weighted by atomic mass is 10.0. The maximum atomic E-state index is 14.1. The lowest BCUT2D eigenvalue weighted by Gasteiger charge is -2.25. The monoisotopic (exact) mass is 691 g/mol. The summed E-state index contributed by atoms with van der Waals surface area (Å²) in [5.74, 6) is -1.27. The number of ether oxygens (including phenoxy) is 1. The van der Waals surface area contributed by atoms with Crippen LogP contribution in [0.25, 0.3) is 0 Å². The molecule has 2 aliphatic carbocycles. The summed E-state index contributed by atoms with van der Waals surface area (Å²) in [6.45, 7) is 0.411. The van der Waals surface area contributed by atoms with Gasteiger partial charge in [-0.15, -0.1) is 0 Å². The number of rotatable bonds is 15. The molecule has 0 aromatic heterocycles. The Labute approximate surface area is 279 Å². The van der Waals surface area contributed by atoms with Gasteiger partial charge in [0.15, 0.2) is 5.11 Å². The van der Waals surface area contributed by atoms with Crippen molar-refractivity contribution in [3.63, 3.8) is 0 Å². The van der Waals surface area contributed by atoms with Crippen LogP contribution < -0.4 is 15.8 Å². The summed E-state index contributed by atoms with van der Waals surface area (Å²) in [6, 6.07) is 3.65. The van der Waals surface area contributed by atoms with Crippen LogP contribution in [0.5, 0.6) is 0 Å². The van der Waals surface area contributed by atoms with Gasteiger partial charge in [-0.3, -0.25) is 19.2 Å². The van der Waals surface area contributed by atoms with Gasteiger partial charge in [-0.25, -0.2) is 17.6 Å². The van der Waals surface area contributed by atoms with Crippen LogP contribution in [0.4, 0.5) is 9.18 Å². The molecule has 4 aliphatic rings. The summed E-state index contributed by atoms with van der Waals surface area (Å²) >= 11 is 5.03. The molecule has 12 nitrogen and oxygen atoms in total. The van der Waals surface area contributed by atoms with Crippen molar-refractivity contribution in [2.75, 3.05) is 6.54 Å². The molecule has 3 amide bonds. The van der Waals surface area contributed by atoms with Crippen LogP contribution in [0, 0.1) is 17.7 Å². The first-order valence-electron chi connectivity index (χ1n) is 16.2. The van der Waals surface area contributed by atoms with E-state index in [0.29, 0.717) is 37.5 Å². The van der Waals surface area contributed by atoms with Gasteiger partial charge in [0.25, 0.3) is 0 Å². The fourth-order valence-corrected chi connectivity index (χ4v) is 7.84. The van der Waals surface area contributed by atoms with E-state index in [0.717, 1.165) is 31.2 Å². The van der Waals surface area contributed by atoms with Gasteiger partial charge in [-0.05, 0) is 68.3 Å². The smallest absolute Gasteiger partial charge is 0.410 e. The molecule has 1 aromatic rings. The topological polar surface area (TPSA) is 168 Å². The van der Waals surface area contributed by atoms with E-state index in [9.17, 15) is 32.0 Å². The van der Waals surface area contributed by atoms with Gasteiger partial charge in [0.2, 0.25) is 21.8 Å². The molecular formula is C32H42FN5O7S2. The van der Waals surface area contributed by atoms with E-state index < -0.39 is 39.4 Å². The number of carbonyl (C=O) groups excluding carboxylic acids is 4. The quantitative estimate of drug-likeness (QED) is 0.108. The van der Waals surface area contributed by atoms with Crippen molar-refractivity contribution in [2.24, 2.45) is 17.6 Å². The van der Waals surface area contributed by atoms with Crippen molar-refractivity contribution in [3.05, 3.63) is 47.3 Å². The third-order valence-electron chi connectivity index (χ3n) is 9.19. The number of benzene rings is 1. The largest absolute Gasteiger partial charge is 0.444 e. The Morgan fingerprint density at radius 1 is 1.15 bits per heavy atom. The van der Waals surface area contributed by atoms with Crippen LogP contribution in [0.3, 0.4) is 0 Å². The molecule has 1 unspecified atom stereocenters. The Kier molecular flexibility index (Phi) is 11.2. The summed E-state index contributed by atoms with van der Waals surface area (Å²) < 4.78 is 45.9. The highest BCUT2D eigenvalue weighted by molar-refractivity contribution is 7.90. The van der Waals surface area contributed by atoms with Crippen molar-refractivity contribution in [1.82, 2.24) is 19.8 Å². The molecule has 1 aromatic carbocycles. The number of nitrogens with two attached hydrogens (primary N) is 1. The van der Waals surface area contributed by atoms with Crippen LogP contribution in [0.15, 0.2) is 30.4 Å². The number of hydrogen-bond donors (Lipinski definition) is 3. The van der Waals surface area contributed by atoms with E-state index in [1.807, 2.05) is 12.2 Å². The molecular weight excluding hydrogens is 650 g/mol. The van der Waals surface area contributed by atoms with Crippen molar-refractivity contribution in [1.29, 1.82) is 0 Å². The summed E-state index contributed by atoms with van der Waals surface area (Å²) in [5, 5.41) is 2.64. The summed E-state index contributed by atoms with van der Waals surface area (Å²) in [7, 11) is -3.51. The van der Waals surface area contributed by atoms with E-state index in [2.05, 4.69) is 10.0 Å². The highest BCUT2D eigenvalue weighted by Crippen LogP contribution is 2.40. The Balaban J connectivity index is 1.01. The third-order valence-corrected chi connectivity index (χ3v) is 11.1. The second kappa shape index (κ2) is 15.1. The second-order valence-electron chi connectivity index (χ2n) is 12.9. The highest BCUT2D eigenvalue weighted by Gasteiger charge is 2.45. The summed E-state index contributed by atoms with van der Waals surface area (Å²) in [4.78, 5) is 53.0. The molecule has 2 saturated carbocycles. The SMILES string of the molecule is NC(=S)N[C@@H](CCCCC/C=C\[C@@H]1CC1C(=O)NS(=O)(=O)C1CC1)CC(=O)N1C[C@H](OC(=O)N2Cc3cccc(F)c3C2)C[C@H]1C=O. The molecule has 15 heteroatoms. The fraction of sp³-hybridized carbons (Fsp3) is 0.594. The van der Waals surface area contributed by atoms with Gasteiger partial charge in [-0.2, -0.15) is 0 Å². The number of hydrogen-bond acceptors (Lipinski definition) is 8. The molecule has 0 radical (unpaired) electrons. The number of sulfonamides is 1. The van der Waals surface area contributed by atoms with Crippen molar-refractivity contribution in [2.45, 2.75) is 101 Å². The molecule has 4 N–H and O–H groups in total. The molecule has 5 atom stereocenters. The highest BCUT2D eigenvalue weighted by atomic mass is 32.2. The van der Waals surface area contributed by atoms with E-state index in [-0.39, 0.29) is 67.2 Å². The number of halogens is 1. The summed E-state index contributed by atoms with van der Waals surface area (Å²) in [5.41, 5.74) is 6.91. The normalized spacial score (nSPS) is 24.1. The number of carbonyl (C=O) groups is 4. The van der Waals surface area contributed by atoms with Gasteiger partial charge >= 0.3 is 6.09 Å². The lowest BCUT2D eigenvalue weighted by molar-refractivity contribution is -0.135. The van der Waals surface area contributed by atoms with Crippen LogP contribution in [0.1, 0.15) is 75.3 Å². The van der Waals surface area contributed by atoms with E-state index in [1.54, 1.807) is 12.1 Å². The Morgan fingerprint density at radius 3 is 2.64 bits per heavy atom. The zero-order valence-electron chi connectivity index (χ0n) is 26.1. The van der Waals surface area contributed by atoms with Crippen molar-refractivity contribution >= 4 is 51.5 Å². The van der Waals surface area contributed by atoms with Crippen LogP contribution in [-0.2, 0) is 42.2 Å². The van der Waals surface area contributed by atoms with Gasteiger partial charge < -0.3 is 25.5 Å². The molecule has 1 saturated heterocycles. The Morgan fingerprint density at radius 2 is 1.94 bits per heavy atom. The number of allylic oxidation sites excluding steroid dienone is 2. The standard InChI is InChI=1S/C32H42FN5O7S2/c33-28-10-6-8-21-16-37(18-27(21)28)32(42)45-24-15-23(19-39)38(17-24)29(40)14-22(35-31(34)46)9-5-3-1-2-4-7-20-13-26(20)30(41)36-47(43,44)25-11-12-25/h4,6-8,10,19-20,22-26H,1-3,5,9,11-18H2,(H,36,41)(H3,34,35,46)/b7-4-/t20-,22+,23+,24-,26?/m1/s1. The van der Waals surface area contributed by atoms with Crippen LogP contribution in [-0.4, -0.2) is 77.5 Å². The number of amides is 3. The Hall–Kier alpha value is -3.59. The molecule has 0 spiro atoms. The number of nitrogens with one attached hydrogen (secondary N) is 2. The first kappa shape index (κ1) is 34.7. The van der Waals surface area contributed by atoms with E-state index in [4.69, 9.17) is 22.7 Å². The van der Waals surface area contributed by atoms with Crippen molar-refractivity contribution in [3.8, 4) is 0 Å². The number of nitrogens with zero attached hydrogens (tertiary/aromatic N) is 2. The zero-order valence-corrected chi connectivity index (χ0v) is 27.8. The predicted molar refractivity (Wildman–Crippen MR) is 174 cm³/mol. The van der Waals surface area contributed by atoms with E-state index >= 15 is 0 Å². The third kappa shape index (κ3) is 9.28. The van der Waals surface area contributed by atoms with Gasteiger partial charge in [0.1, 0.15) is 18.2 Å². The number of likely N-dealkylation sites (tertiary alicyclic amines) is 1. The average Bonchev–Trinajstić information content (AvgIpc) is 3.93. The van der Waals surface area contributed by atoms with Crippen LogP contribution in [0.2, 0.25) is 0 Å². The minimum Gasteiger partial charge on any atom is -0.444 e.